The third-order valence-corrected chi connectivity index (χ3v) is 6.41. The van der Waals surface area contributed by atoms with Crippen molar-refractivity contribution in [3.8, 4) is 11.5 Å². The van der Waals surface area contributed by atoms with Crippen LogP contribution >= 0.6 is 15.9 Å². The van der Waals surface area contributed by atoms with Gasteiger partial charge in [-0.3, -0.25) is 9.69 Å². The number of hydrogen-bond donors (Lipinski definition) is 1. The van der Waals surface area contributed by atoms with Crippen molar-refractivity contribution in [3.63, 3.8) is 0 Å². The summed E-state index contributed by atoms with van der Waals surface area (Å²) in [6.07, 6.45) is 0.844. The lowest BCUT2D eigenvalue weighted by Gasteiger charge is -2.49. The van der Waals surface area contributed by atoms with E-state index in [0.717, 1.165) is 45.8 Å². The molecule has 4 rings (SSSR count). The standard InChI is InChI=1S/C21H23BrN2O3/c1-14-16(22)4-3-5-17(14)23-20(25)21(2)8-9-24(21)13-15-6-7-18-19(12-15)27-11-10-26-18/h3-7,12H,8-11,13H2,1-2H3,(H,23,25). The van der Waals surface area contributed by atoms with E-state index in [1.54, 1.807) is 0 Å². The molecule has 1 atom stereocenters. The second kappa shape index (κ2) is 7.17. The highest BCUT2D eigenvalue weighted by Gasteiger charge is 2.46. The number of amides is 1. The van der Waals surface area contributed by atoms with Crippen molar-refractivity contribution in [2.45, 2.75) is 32.4 Å². The summed E-state index contributed by atoms with van der Waals surface area (Å²) in [4.78, 5) is 15.2. The minimum Gasteiger partial charge on any atom is -0.486 e. The summed E-state index contributed by atoms with van der Waals surface area (Å²) < 4.78 is 12.2. The smallest absolute Gasteiger partial charge is 0.244 e. The first-order valence-corrected chi connectivity index (χ1v) is 9.97. The molecule has 0 radical (unpaired) electrons. The normalized spacial score (nSPS) is 21.4. The number of fused-ring (bicyclic) bond motifs is 1. The number of rotatable bonds is 4. The fourth-order valence-electron chi connectivity index (χ4n) is 3.52. The van der Waals surface area contributed by atoms with Crippen molar-refractivity contribution in [2.24, 2.45) is 0 Å². The molecule has 2 aliphatic rings. The minimum absolute atomic E-state index is 0.0347. The molecule has 6 heteroatoms. The lowest BCUT2D eigenvalue weighted by Crippen LogP contribution is -2.63. The predicted octanol–water partition coefficient (Wildman–Crippen LogP) is 4.13. The molecule has 2 heterocycles. The summed E-state index contributed by atoms with van der Waals surface area (Å²) in [5.74, 6) is 1.61. The van der Waals surface area contributed by atoms with Crippen molar-refractivity contribution in [2.75, 3.05) is 25.1 Å². The molecule has 5 nitrogen and oxygen atoms in total. The number of ether oxygens (including phenoxy) is 2. The monoisotopic (exact) mass is 430 g/mol. The second-order valence-corrected chi connectivity index (χ2v) is 8.14. The lowest BCUT2D eigenvalue weighted by atomic mass is 9.85. The number of anilines is 1. The zero-order valence-corrected chi connectivity index (χ0v) is 17.1. The maximum atomic E-state index is 13.0. The Morgan fingerprint density at radius 3 is 2.74 bits per heavy atom. The maximum absolute atomic E-state index is 13.0. The number of likely N-dealkylation sites (tertiary alicyclic amines) is 1. The Morgan fingerprint density at radius 1 is 1.22 bits per heavy atom. The van der Waals surface area contributed by atoms with Crippen LogP contribution in [0.1, 0.15) is 24.5 Å². The van der Waals surface area contributed by atoms with Gasteiger partial charge in [0.2, 0.25) is 5.91 Å². The molecule has 1 N–H and O–H groups in total. The van der Waals surface area contributed by atoms with Crippen LogP contribution in [-0.4, -0.2) is 36.1 Å². The molecule has 1 amide bonds. The first-order chi connectivity index (χ1) is 13.0. The maximum Gasteiger partial charge on any atom is 0.244 e. The number of benzene rings is 2. The van der Waals surface area contributed by atoms with E-state index in [9.17, 15) is 4.79 Å². The number of halogens is 1. The molecule has 0 aromatic heterocycles. The Labute approximate surface area is 167 Å². The topological polar surface area (TPSA) is 50.8 Å². The van der Waals surface area contributed by atoms with Gasteiger partial charge in [0, 0.05) is 23.2 Å². The number of nitrogens with zero attached hydrogens (tertiary/aromatic N) is 1. The quantitative estimate of drug-likeness (QED) is 0.791. The molecule has 142 valence electrons. The Kier molecular flexibility index (Phi) is 4.86. The van der Waals surface area contributed by atoms with E-state index in [0.29, 0.717) is 19.8 Å². The average molecular weight is 431 g/mol. The molecule has 0 aliphatic carbocycles. The molecular formula is C21H23BrN2O3. The van der Waals surface area contributed by atoms with E-state index in [1.807, 2.05) is 50.2 Å². The van der Waals surface area contributed by atoms with E-state index < -0.39 is 5.54 Å². The summed E-state index contributed by atoms with van der Waals surface area (Å²) in [6.45, 7) is 6.78. The number of nitrogens with one attached hydrogen (secondary N) is 1. The van der Waals surface area contributed by atoms with Gasteiger partial charge in [0.25, 0.3) is 0 Å². The minimum atomic E-state index is -0.512. The number of carbonyl (C=O) groups is 1. The second-order valence-electron chi connectivity index (χ2n) is 7.29. The zero-order chi connectivity index (χ0) is 19.0. The van der Waals surface area contributed by atoms with Gasteiger partial charge < -0.3 is 14.8 Å². The van der Waals surface area contributed by atoms with Crippen LogP contribution in [0.5, 0.6) is 11.5 Å². The molecule has 2 aromatic carbocycles. The Morgan fingerprint density at radius 2 is 2.00 bits per heavy atom. The van der Waals surface area contributed by atoms with E-state index in [-0.39, 0.29) is 5.91 Å². The van der Waals surface area contributed by atoms with Crippen LogP contribution in [0, 0.1) is 6.92 Å². The van der Waals surface area contributed by atoms with Crippen LogP contribution < -0.4 is 14.8 Å². The van der Waals surface area contributed by atoms with E-state index >= 15 is 0 Å². The van der Waals surface area contributed by atoms with Gasteiger partial charge in [-0.25, -0.2) is 0 Å². The van der Waals surface area contributed by atoms with Crippen molar-refractivity contribution >= 4 is 27.5 Å². The van der Waals surface area contributed by atoms with E-state index in [1.165, 1.54) is 0 Å². The van der Waals surface area contributed by atoms with Crippen LogP contribution in [0.4, 0.5) is 5.69 Å². The summed E-state index contributed by atoms with van der Waals surface area (Å²) >= 11 is 3.52. The molecule has 0 spiro atoms. The molecule has 1 unspecified atom stereocenters. The van der Waals surface area contributed by atoms with Gasteiger partial charge in [0.05, 0.1) is 5.54 Å². The highest BCUT2D eigenvalue weighted by molar-refractivity contribution is 9.10. The Balaban J connectivity index is 1.47. The fraction of sp³-hybridized carbons (Fsp3) is 0.381. The van der Waals surface area contributed by atoms with Gasteiger partial charge in [0.15, 0.2) is 11.5 Å². The molecule has 1 fully saturated rings. The van der Waals surface area contributed by atoms with Crippen molar-refractivity contribution in [1.29, 1.82) is 0 Å². The number of carbonyl (C=O) groups excluding carboxylic acids is 1. The van der Waals surface area contributed by atoms with E-state index in [4.69, 9.17) is 9.47 Å². The molecular weight excluding hydrogens is 408 g/mol. The Hall–Kier alpha value is -2.05. The summed E-state index contributed by atoms with van der Waals surface area (Å²) in [5.41, 5.74) is 2.49. The Bertz CT molecular complexity index is 886. The molecule has 1 saturated heterocycles. The zero-order valence-electron chi connectivity index (χ0n) is 15.5. The largest absolute Gasteiger partial charge is 0.486 e. The molecule has 0 bridgehead atoms. The fourth-order valence-corrected chi connectivity index (χ4v) is 3.89. The number of hydrogen-bond acceptors (Lipinski definition) is 4. The highest BCUT2D eigenvalue weighted by Crippen LogP contribution is 2.36. The first kappa shape index (κ1) is 18.3. The van der Waals surface area contributed by atoms with Gasteiger partial charge in [-0.1, -0.05) is 28.1 Å². The third kappa shape index (κ3) is 3.44. The molecule has 2 aliphatic heterocycles. The van der Waals surface area contributed by atoms with Crippen molar-refractivity contribution in [3.05, 3.63) is 52.0 Å². The molecule has 2 aromatic rings. The van der Waals surface area contributed by atoms with Gasteiger partial charge in [0.1, 0.15) is 13.2 Å². The van der Waals surface area contributed by atoms with Crippen LogP contribution in [-0.2, 0) is 11.3 Å². The van der Waals surface area contributed by atoms with Crippen LogP contribution in [0.15, 0.2) is 40.9 Å². The van der Waals surface area contributed by atoms with Gasteiger partial charge >= 0.3 is 0 Å². The van der Waals surface area contributed by atoms with Gasteiger partial charge in [-0.2, -0.15) is 0 Å². The van der Waals surface area contributed by atoms with Gasteiger partial charge in [-0.05, 0) is 55.7 Å². The van der Waals surface area contributed by atoms with Crippen molar-refractivity contribution in [1.82, 2.24) is 4.90 Å². The summed E-state index contributed by atoms with van der Waals surface area (Å²) in [7, 11) is 0. The van der Waals surface area contributed by atoms with Gasteiger partial charge in [-0.15, -0.1) is 0 Å². The van der Waals surface area contributed by atoms with Crippen LogP contribution in [0.25, 0.3) is 0 Å². The van der Waals surface area contributed by atoms with Crippen molar-refractivity contribution < 1.29 is 14.3 Å². The lowest BCUT2D eigenvalue weighted by molar-refractivity contribution is -0.136. The van der Waals surface area contributed by atoms with Crippen LogP contribution in [0.3, 0.4) is 0 Å². The summed E-state index contributed by atoms with van der Waals surface area (Å²) in [5, 5.41) is 3.10. The summed E-state index contributed by atoms with van der Waals surface area (Å²) in [6, 6.07) is 11.9. The molecule has 27 heavy (non-hydrogen) atoms. The third-order valence-electron chi connectivity index (χ3n) is 5.55. The predicted molar refractivity (Wildman–Crippen MR) is 108 cm³/mol. The SMILES string of the molecule is Cc1c(Br)cccc1NC(=O)C1(C)CCN1Cc1ccc2c(c1)OCCO2. The highest BCUT2D eigenvalue weighted by atomic mass is 79.9. The first-order valence-electron chi connectivity index (χ1n) is 9.17. The van der Waals surface area contributed by atoms with Crippen LogP contribution in [0.2, 0.25) is 0 Å². The molecule has 0 saturated carbocycles. The van der Waals surface area contributed by atoms with E-state index in [2.05, 4.69) is 26.1 Å². The average Bonchev–Trinajstić information content (AvgIpc) is 2.68.